The highest BCUT2D eigenvalue weighted by atomic mass is 14.2. The van der Waals surface area contributed by atoms with Gasteiger partial charge in [-0.1, -0.05) is 43.7 Å². The second kappa shape index (κ2) is 6.42. The first kappa shape index (κ1) is 10.7. The Labute approximate surface area is 74.7 Å². The number of nitrogens with zero attached hydrogens (tertiary/aromatic N) is 1. The Hall–Kier alpha value is -1.29. The highest BCUT2D eigenvalue weighted by Gasteiger charge is 1.88. The van der Waals surface area contributed by atoms with E-state index in [9.17, 15) is 0 Å². The molecule has 0 saturated carbocycles. The zero-order valence-electron chi connectivity index (χ0n) is 7.96. The topological polar surface area (TPSA) is 23.8 Å². The third kappa shape index (κ3) is 3.78. The van der Waals surface area contributed by atoms with Gasteiger partial charge in [0.1, 0.15) is 0 Å². The Bertz CT molecular complexity index is 241. The van der Waals surface area contributed by atoms with Crippen LogP contribution in [0, 0.1) is 18.3 Å². The standard InChI is InChI=1S/C9H9N.C2H6/c1-8-2-4-9(5-3-8)6-7-10;1-2/h2-5H,6H2,1H3;1-2H3. The van der Waals surface area contributed by atoms with E-state index in [2.05, 4.69) is 6.07 Å². The largest absolute Gasteiger partial charge is 0.198 e. The van der Waals surface area contributed by atoms with E-state index in [4.69, 9.17) is 5.26 Å². The van der Waals surface area contributed by atoms with E-state index in [-0.39, 0.29) is 0 Å². The number of aryl methyl sites for hydroxylation is 1. The van der Waals surface area contributed by atoms with Crippen molar-refractivity contribution in [1.82, 2.24) is 0 Å². The summed E-state index contributed by atoms with van der Waals surface area (Å²) in [4.78, 5) is 0. The first-order chi connectivity index (χ1) is 5.83. The lowest BCUT2D eigenvalue weighted by molar-refractivity contribution is 1.25. The molecular weight excluding hydrogens is 146 g/mol. The van der Waals surface area contributed by atoms with E-state index < -0.39 is 0 Å². The SMILES string of the molecule is CC.Cc1ccc(CC#N)cc1. The number of hydrogen-bond donors (Lipinski definition) is 0. The van der Waals surface area contributed by atoms with E-state index in [0.29, 0.717) is 6.42 Å². The van der Waals surface area contributed by atoms with Crippen molar-refractivity contribution in [3.63, 3.8) is 0 Å². The molecule has 1 aromatic rings. The number of nitriles is 1. The molecule has 0 unspecified atom stereocenters. The summed E-state index contributed by atoms with van der Waals surface area (Å²) in [6, 6.07) is 10.1. The molecule has 0 fully saturated rings. The molecule has 1 rings (SSSR count). The van der Waals surface area contributed by atoms with Gasteiger partial charge >= 0.3 is 0 Å². The minimum Gasteiger partial charge on any atom is -0.198 e. The molecule has 0 radical (unpaired) electrons. The molecule has 0 bridgehead atoms. The van der Waals surface area contributed by atoms with Gasteiger partial charge in [-0.2, -0.15) is 5.26 Å². The van der Waals surface area contributed by atoms with Gasteiger partial charge in [0, 0.05) is 0 Å². The van der Waals surface area contributed by atoms with E-state index in [1.165, 1.54) is 5.56 Å². The molecule has 0 aliphatic carbocycles. The molecule has 0 aliphatic rings. The number of rotatable bonds is 1. The second-order valence-corrected chi connectivity index (χ2v) is 2.32. The van der Waals surface area contributed by atoms with Gasteiger partial charge in [0.05, 0.1) is 12.5 Å². The summed E-state index contributed by atoms with van der Waals surface area (Å²) in [6.07, 6.45) is 0.514. The lowest BCUT2D eigenvalue weighted by Crippen LogP contribution is -1.79. The van der Waals surface area contributed by atoms with Crippen molar-refractivity contribution in [2.24, 2.45) is 0 Å². The van der Waals surface area contributed by atoms with Crippen LogP contribution in [0.25, 0.3) is 0 Å². The van der Waals surface area contributed by atoms with Gasteiger partial charge in [-0.3, -0.25) is 0 Å². The van der Waals surface area contributed by atoms with Gasteiger partial charge < -0.3 is 0 Å². The fourth-order valence-corrected chi connectivity index (χ4v) is 0.797. The van der Waals surface area contributed by atoms with Crippen molar-refractivity contribution in [3.8, 4) is 6.07 Å². The third-order valence-electron chi connectivity index (χ3n) is 1.40. The predicted octanol–water partition coefficient (Wildman–Crippen LogP) is 3.09. The normalized spacial score (nSPS) is 7.83. The van der Waals surface area contributed by atoms with Crippen LogP contribution >= 0.6 is 0 Å². The summed E-state index contributed by atoms with van der Waals surface area (Å²) in [5.41, 5.74) is 2.33. The monoisotopic (exact) mass is 161 g/mol. The summed E-state index contributed by atoms with van der Waals surface area (Å²) >= 11 is 0. The quantitative estimate of drug-likeness (QED) is 0.621. The van der Waals surface area contributed by atoms with Crippen molar-refractivity contribution >= 4 is 0 Å². The average molecular weight is 161 g/mol. The number of hydrogen-bond acceptors (Lipinski definition) is 1. The van der Waals surface area contributed by atoms with Crippen molar-refractivity contribution in [2.75, 3.05) is 0 Å². The van der Waals surface area contributed by atoms with Crippen LogP contribution < -0.4 is 0 Å². The van der Waals surface area contributed by atoms with Crippen LogP contribution in [0.4, 0.5) is 0 Å². The van der Waals surface area contributed by atoms with E-state index in [1.807, 2.05) is 45.0 Å². The van der Waals surface area contributed by atoms with Gasteiger partial charge in [0.25, 0.3) is 0 Å². The predicted molar refractivity (Wildman–Crippen MR) is 51.8 cm³/mol. The van der Waals surface area contributed by atoms with E-state index >= 15 is 0 Å². The van der Waals surface area contributed by atoms with Crippen molar-refractivity contribution < 1.29 is 0 Å². The number of benzene rings is 1. The highest BCUT2D eigenvalue weighted by molar-refractivity contribution is 5.23. The van der Waals surface area contributed by atoms with Crippen LogP contribution in [0.2, 0.25) is 0 Å². The van der Waals surface area contributed by atoms with Gasteiger partial charge in [-0.15, -0.1) is 0 Å². The Morgan fingerprint density at radius 2 is 1.67 bits per heavy atom. The maximum Gasteiger partial charge on any atom is 0.0669 e. The van der Waals surface area contributed by atoms with Crippen LogP contribution in [0.15, 0.2) is 24.3 Å². The zero-order chi connectivity index (χ0) is 9.40. The van der Waals surface area contributed by atoms with Crippen LogP contribution in [0.5, 0.6) is 0 Å². The lowest BCUT2D eigenvalue weighted by atomic mass is 10.1. The molecule has 1 aromatic carbocycles. The van der Waals surface area contributed by atoms with Gasteiger partial charge in [0.15, 0.2) is 0 Å². The van der Waals surface area contributed by atoms with Gasteiger partial charge in [0.2, 0.25) is 0 Å². The van der Waals surface area contributed by atoms with Crippen LogP contribution in [-0.2, 0) is 6.42 Å². The molecule has 0 N–H and O–H groups in total. The van der Waals surface area contributed by atoms with Crippen molar-refractivity contribution in [1.29, 1.82) is 5.26 Å². The summed E-state index contributed by atoms with van der Waals surface area (Å²) in [6.45, 7) is 6.04. The molecule has 0 amide bonds. The molecule has 1 nitrogen and oxygen atoms in total. The minimum atomic E-state index is 0.514. The first-order valence-corrected chi connectivity index (χ1v) is 4.25. The summed E-state index contributed by atoms with van der Waals surface area (Å²) in [7, 11) is 0. The molecule has 0 atom stereocenters. The van der Waals surface area contributed by atoms with Crippen molar-refractivity contribution in [3.05, 3.63) is 35.4 Å². The Morgan fingerprint density at radius 1 is 1.17 bits per heavy atom. The maximum absolute atomic E-state index is 8.34. The minimum absolute atomic E-state index is 0.514. The first-order valence-electron chi connectivity index (χ1n) is 4.25. The second-order valence-electron chi connectivity index (χ2n) is 2.32. The zero-order valence-corrected chi connectivity index (χ0v) is 7.96. The molecule has 0 aromatic heterocycles. The Balaban J connectivity index is 0.000000561. The average Bonchev–Trinajstić information content (AvgIpc) is 2.13. The van der Waals surface area contributed by atoms with E-state index in [1.54, 1.807) is 0 Å². The van der Waals surface area contributed by atoms with Crippen LogP contribution in [-0.4, -0.2) is 0 Å². The van der Waals surface area contributed by atoms with Gasteiger partial charge in [-0.05, 0) is 12.5 Å². The fourth-order valence-electron chi connectivity index (χ4n) is 0.797. The molecular formula is C11H15N. The summed E-state index contributed by atoms with van der Waals surface area (Å²) in [5, 5.41) is 8.34. The molecule has 1 heteroatoms. The Morgan fingerprint density at radius 3 is 2.08 bits per heavy atom. The molecule has 12 heavy (non-hydrogen) atoms. The molecule has 0 saturated heterocycles. The lowest BCUT2D eigenvalue weighted by Gasteiger charge is -1.93. The third-order valence-corrected chi connectivity index (χ3v) is 1.40. The van der Waals surface area contributed by atoms with Crippen LogP contribution in [0.3, 0.4) is 0 Å². The van der Waals surface area contributed by atoms with E-state index in [0.717, 1.165) is 5.56 Å². The summed E-state index contributed by atoms with van der Waals surface area (Å²) < 4.78 is 0. The Kier molecular flexibility index (Phi) is 5.73. The molecule has 64 valence electrons. The van der Waals surface area contributed by atoms with Gasteiger partial charge in [-0.25, -0.2) is 0 Å². The maximum atomic E-state index is 8.34. The van der Waals surface area contributed by atoms with Crippen LogP contribution in [0.1, 0.15) is 25.0 Å². The molecule has 0 aliphatic heterocycles. The molecule has 0 spiro atoms. The molecule has 0 heterocycles. The smallest absolute Gasteiger partial charge is 0.0669 e. The van der Waals surface area contributed by atoms with Crippen molar-refractivity contribution in [2.45, 2.75) is 27.2 Å². The summed E-state index contributed by atoms with van der Waals surface area (Å²) in [5.74, 6) is 0. The highest BCUT2D eigenvalue weighted by Crippen LogP contribution is 2.02. The fraction of sp³-hybridized carbons (Fsp3) is 0.364.